The topological polar surface area (TPSA) is 50.1 Å². The molecule has 0 aliphatic heterocycles. The number of unbranched alkanes of at least 4 members (excludes halogenated alkanes) is 1. The van der Waals surface area contributed by atoms with Crippen molar-refractivity contribution in [3.05, 3.63) is 0 Å². The summed E-state index contributed by atoms with van der Waals surface area (Å²) < 4.78 is 5.13. The maximum absolute atomic E-state index is 11.7. The van der Waals surface area contributed by atoms with Crippen LogP contribution in [0.5, 0.6) is 0 Å². The van der Waals surface area contributed by atoms with Gasteiger partial charge in [-0.25, -0.2) is 0 Å². The van der Waals surface area contributed by atoms with Crippen LogP contribution in [0, 0.1) is 23.2 Å². The van der Waals surface area contributed by atoms with E-state index in [0.717, 1.165) is 38.5 Å². The summed E-state index contributed by atoms with van der Waals surface area (Å²) in [5, 5.41) is 9.05. The quantitative estimate of drug-likeness (QED) is 0.531. The Hall–Kier alpha value is -1.04. The summed E-state index contributed by atoms with van der Waals surface area (Å²) in [5.74, 6) is -0.604. The molecule has 1 unspecified atom stereocenters. The number of rotatable bonds is 5. The van der Waals surface area contributed by atoms with Crippen molar-refractivity contribution in [2.45, 2.75) is 51.9 Å². The Kier molecular flexibility index (Phi) is 5.92. The Morgan fingerprint density at radius 2 is 2.12 bits per heavy atom. The van der Waals surface area contributed by atoms with Crippen LogP contribution in [0.25, 0.3) is 0 Å². The monoisotopic (exact) mass is 223 g/mol. The van der Waals surface area contributed by atoms with Gasteiger partial charge in [0.05, 0.1) is 12.7 Å². The average molecular weight is 223 g/mol. The van der Waals surface area contributed by atoms with Crippen molar-refractivity contribution in [2.75, 3.05) is 6.61 Å². The first-order chi connectivity index (χ1) is 7.79. The maximum Gasteiger partial charge on any atom is 0.323 e. The smallest absolute Gasteiger partial charge is 0.323 e. The fourth-order valence-corrected chi connectivity index (χ4v) is 2.22. The number of hydrogen-bond acceptors (Lipinski definition) is 3. The second-order valence-electron chi connectivity index (χ2n) is 4.53. The van der Waals surface area contributed by atoms with Crippen LogP contribution in [-0.4, -0.2) is 12.6 Å². The first kappa shape index (κ1) is 13.0. The van der Waals surface area contributed by atoms with Gasteiger partial charge in [-0.1, -0.05) is 32.6 Å². The third-order valence-electron chi connectivity index (χ3n) is 3.26. The number of carbonyl (C=O) groups excluding carboxylic acids is 1. The van der Waals surface area contributed by atoms with Crippen LogP contribution >= 0.6 is 0 Å². The van der Waals surface area contributed by atoms with E-state index in [2.05, 4.69) is 13.0 Å². The highest BCUT2D eigenvalue weighted by Gasteiger charge is 2.30. The van der Waals surface area contributed by atoms with Crippen molar-refractivity contribution in [1.29, 1.82) is 5.26 Å². The van der Waals surface area contributed by atoms with Gasteiger partial charge >= 0.3 is 5.97 Å². The summed E-state index contributed by atoms with van der Waals surface area (Å²) in [6, 6.07) is 2.12. The van der Waals surface area contributed by atoms with Crippen molar-refractivity contribution in [3.8, 4) is 6.07 Å². The predicted octanol–water partition coefficient (Wildman–Crippen LogP) is 3.05. The van der Waals surface area contributed by atoms with Crippen LogP contribution < -0.4 is 0 Å². The fourth-order valence-electron chi connectivity index (χ4n) is 2.22. The molecule has 90 valence electrons. The third kappa shape index (κ3) is 3.84. The summed E-state index contributed by atoms with van der Waals surface area (Å²) in [5.41, 5.74) is 0. The highest BCUT2D eigenvalue weighted by atomic mass is 16.5. The van der Waals surface area contributed by atoms with E-state index in [1.165, 1.54) is 6.42 Å². The lowest BCUT2D eigenvalue weighted by Crippen LogP contribution is -2.26. The van der Waals surface area contributed by atoms with Crippen molar-refractivity contribution in [2.24, 2.45) is 11.8 Å². The number of esters is 1. The fraction of sp³-hybridized carbons (Fsp3) is 0.846. The van der Waals surface area contributed by atoms with Crippen LogP contribution in [0.4, 0.5) is 0 Å². The molecule has 1 atom stereocenters. The third-order valence-corrected chi connectivity index (χ3v) is 3.26. The van der Waals surface area contributed by atoms with E-state index >= 15 is 0 Å². The molecular weight excluding hydrogens is 202 g/mol. The number of carbonyl (C=O) groups is 1. The Bertz CT molecular complexity index is 251. The van der Waals surface area contributed by atoms with E-state index in [1.54, 1.807) is 0 Å². The Balaban J connectivity index is 2.40. The average Bonchev–Trinajstić information content (AvgIpc) is 2.32. The summed E-state index contributed by atoms with van der Waals surface area (Å²) in [7, 11) is 0. The zero-order chi connectivity index (χ0) is 11.8. The van der Waals surface area contributed by atoms with Crippen LogP contribution in [-0.2, 0) is 9.53 Å². The molecule has 0 radical (unpaired) electrons. The number of nitrogens with zero attached hydrogens (tertiary/aromatic N) is 1. The number of hydrogen-bond donors (Lipinski definition) is 0. The van der Waals surface area contributed by atoms with Gasteiger partial charge < -0.3 is 4.74 Å². The SMILES string of the molecule is CCCCOC(=O)C(C#N)C1CCCCC1. The molecule has 0 aromatic carbocycles. The molecule has 3 nitrogen and oxygen atoms in total. The zero-order valence-corrected chi connectivity index (χ0v) is 10.1. The molecule has 1 aliphatic rings. The largest absolute Gasteiger partial charge is 0.465 e. The van der Waals surface area contributed by atoms with E-state index in [-0.39, 0.29) is 11.9 Å². The second-order valence-corrected chi connectivity index (χ2v) is 4.53. The van der Waals surface area contributed by atoms with Gasteiger partial charge in [0, 0.05) is 0 Å². The number of nitriles is 1. The maximum atomic E-state index is 11.7. The minimum absolute atomic E-state index is 0.230. The van der Waals surface area contributed by atoms with Crippen LogP contribution in [0.15, 0.2) is 0 Å². The molecule has 0 amide bonds. The lowest BCUT2D eigenvalue weighted by molar-refractivity contribution is -0.148. The molecule has 3 heteroatoms. The lowest BCUT2D eigenvalue weighted by Gasteiger charge is -2.24. The van der Waals surface area contributed by atoms with E-state index in [0.29, 0.717) is 6.61 Å². The molecule has 0 aromatic rings. The molecule has 16 heavy (non-hydrogen) atoms. The molecular formula is C13H21NO2. The standard InChI is InChI=1S/C13H21NO2/c1-2-3-9-16-13(15)12(10-14)11-7-5-4-6-8-11/h11-12H,2-9H2,1H3. The highest BCUT2D eigenvalue weighted by molar-refractivity contribution is 5.75. The molecule has 0 spiro atoms. The highest BCUT2D eigenvalue weighted by Crippen LogP contribution is 2.30. The Morgan fingerprint density at radius 3 is 2.69 bits per heavy atom. The van der Waals surface area contributed by atoms with Gasteiger partial charge in [-0.15, -0.1) is 0 Å². The molecule has 0 aromatic heterocycles. The first-order valence-corrected chi connectivity index (χ1v) is 6.35. The van der Waals surface area contributed by atoms with Gasteiger partial charge in [-0.05, 0) is 25.2 Å². The van der Waals surface area contributed by atoms with E-state index in [1.807, 2.05) is 0 Å². The molecule has 0 heterocycles. The summed E-state index contributed by atoms with van der Waals surface area (Å²) in [4.78, 5) is 11.7. The van der Waals surface area contributed by atoms with Crippen LogP contribution in [0.1, 0.15) is 51.9 Å². The minimum atomic E-state index is -0.530. The molecule has 0 bridgehead atoms. The van der Waals surface area contributed by atoms with Crippen molar-refractivity contribution >= 4 is 5.97 Å². The number of ether oxygens (including phenoxy) is 1. The molecule has 1 rings (SSSR count). The van der Waals surface area contributed by atoms with Gasteiger partial charge in [0.1, 0.15) is 5.92 Å². The summed E-state index contributed by atoms with van der Waals surface area (Å²) in [6.45, 7) is 2.51. The van der Waals surface area contributed by atoms with Gasteiger partial charge in [0.2, 0.25) is 0 Å². The van der Waals surface area contributed by atoms with E-state index < -0.39 is 5.92 Å². The van der Waals surface area contributed by atoms with Crippen molar-refractivity contribution in [3.63, 3.8) is 0 Å². The first-order valence-electron chi connectivity index (χ1n) is 6.35. The van der Waals surface area contributed by atoms with Gasteiger partial charge in [-0.2, -0.15) is 5.26 Å². The van der Waals surface area contributed by atoms with Gasteiger partial charge in [0.25, 0.3) is 0 Å². The Labute approximate surface area is 97.8 Å². The summed E-state index contributed by atoms with van der Waals surface area (Å²) in [6.07, 6.45) is 7.42. The lowest BCUT2D eigenvalue weighted by atomic mass is 9.80. The van der Waals surface area contributed by atoms with E-state index in [9.17, 15) is 4.79 Å². The second kappa shape index (κ2) is 7.27. The molecule has 1 saturated carbocycles. The van der Waals surface area contributed by atoms with Gasteiger partial charge in [0.15, 0.2) is 0 Å². The van der Waals surface area contributed by atoms with E-state index in [4.69, 9.17) is 10.00 Å². The van der Waals surface area contributed by atoms with Crippen molar-refractivity contribution < 1.29 is 9.53 Å². The molecule has 1 fully saturated rings. The minimum Gasteiger partial charge on any atom is -0.465 e. The summed E-state index contributed by atoms with van der Waals surface area (Å²) >= 11 is 0. The Morgan fingerprint density at radius 1 is 1.44 bits per heavy atom. The van der Waals surface area contributed by atoms with Crippen molar-refractivity contribution in [1.82, 2.24) is 0 Å². The zero-order valence-electron chi connectivity index (χ0n) is 10.1. The molecule has 1 aliphatic carbocycles. The van der Waals surface area contributed by atoms with Gasteiger partial charge in [-0.3, -0.25) is 4.79 Å². The normalized spacial score (nSPS) is 18.8. The molecule has 0 N–H and O–H groups in total. The van der Waals surface area contributed by atoms with Crippen LogP contribution in [0.2, 0.25) is 0 Å². The molecule has 0 saturated heterocycles. The van der Waals surface area contributed by atoms with Crippen LogP contribution in [0.3, 0.4) is 0 Å². The predicted molar refractivity (Wildman–Crippen MR) is 61.5 cm³/mol.